The van der Waals surface area contributed by atoms with E-state index in [4.69, 9.17) is 0 Å². The highest BCUT2D eigenvalue weighted by Gasteiger charge is 2.35. The van der Waals surface area contributed by atoms with Crippen LogP contribution in [0.4, 0.5) is 0 Å². The molecule has 5 nitrogen and oxygen atoms in total. The molecule has 1 saturated carbocycles. The normalized spacial score (nSPS) is 26.8. The van der Waals surface area contributed by atoms with Gasteiger partial charge in [0.1, 0.15) is 5.78 Å². The van der Waals surface area contributed by atoms with Gasteiger partial charge in [0.05, 0.1) is 0 Å². The predicted molar refractivity (Wildman–Crippen MR) is 69.3 cm³/mol. The number of Topliss-reactive ketones (excluding diaryl/α,β-unsaturated/α-hetero) is 1. The maximum absolute atomic E-state index is 12.3. The molecule has 104 valence electrons. The van der Waals surface area contributed by atoms with Crippen LogP contribution >= 0.6 is 0 Å². The first-order valence-corrected chi connectivity index (χ1v) is 8.21. The quantitative estimate of drug-likeness (QED) is 0.819. The summed E-state index contributed by atoms with van der Waals surface area (Å²) in [5, 5.41) is 0. The van der Waals surface area contributed by atoms with Gasteiger partial charge in [0, 0.05) is 25.0 Å². The number of ketones is 1. The van der Waals surface area contributed by atoms with Crippen molar-refractivity contribution in [1.82, 2.24) is 9.03 Å². The third kappa shape index (κ3) is 3.76. The fourth-order valence-corrected chi connectivity index (χ4v) is 4.22. The molecule has 1 N–H and O–H groups in total. The second kappa shape index (κ2) is 5.67. The Hall–Kier alpha value is -0.460. The first-order valence-electron chi connectivity index (χ1n) is 6.77. The fraction of sp³-hybridized carbons (Fsp3) is 0.917. The highest BCUT2D eigenvalue weighted by atomic mass is 32.2. The number of carbonyl (C=O) groups is 1. The Balaban J connectivity index is 2.10. The summed E-state index contributed by atoms with van der Waals surface area (Å²) in [6, 6.07) is -0.0301. The molecule has 0 bridgehead atoms. The summed E-state index contributed by atoms with van der Waals surface area (Å²) < 4.78 is 28.8. The molecule has 0 aromatic heterocycles. The maximum Gasteiger partial charge on any atom is 0.279 e. The zero-order valence-electron chi connectivity index (χ0n) is 10.9. The van der Waals surface area contributed by atoms with Crippen LogP contribution in [0.15, 0.2) is 0 Å². The van der Waals surface area contributed by atoms with Crippen LogP contribution in [-0.2, 0) is 15.0 Å². The topological polar surface area (TPSA) is 66.5 Å². The van der Waals surface area contributed by atoms with Gasteiger partial charge in [-0.15, -0.1) is 0 Å². The van der Waals surface area contributed by atoms with Crippen LogP contribution in [0.1, 0.15) is 51.9 Å². The molecule has 2 aliphatic rings. The third-order valence-corrected chi connectivity index (χ3v) is 5.28. The molecule has 6 heteroatoms. The van der Waals surface area contributed by atoms with Gasteiger partial charge in [0.15, 0.2) is 0 Å². The van der Waals surface area contributed by atoms with Gasteiger partial charge in [-0.3, -0.25) is 4.79 Å². The van der Waals surface area contributed by atoms with E-state index in [1.807, 2.05) is 0 Å². The highest BCUT2D eigenvalue weighted by Crippen LogP contribution is 2.25. The Morgan fingerprint density at radius 3 is 2.56 bits per heavy atom. The Kier molecular flexibility index (Phi) is 4.40. The molecule has 0 spiro atoms. The maximum atomic E-state index is 12.3. The summed E-state index contributed by atoms with van der Waals surface area (Å²) in [4.78, 5) is 11.3. The molecule has 18 heavy (non-hydrogen) atoms. The van der Waals surface area contributed by atoms with Crippen molar-refractivity contribution in [2.45, 2.75) is 64.0 Å². The van der Waals surface area contributed by atoms with Crippen LogP contribution in [0.2, 0.25) is 0 Å². The minimum absolute atomic E-state index is 0.0634. The zero-order chi connectivity index (χ0) is 13.2. The molecule has 0 aromatic rings. The number of nitrogens with zero attached hydrogens (tertiary/aromatic N) is 1. The number of rotatable bonds is 5. The van der Waals surface area contributed by atoms with Crippen LogP contribution in [0.5, 0.6) is 0 Å². The van der Waals surface area contributed by atoms with Gasteiger partial charge in [-0.25, -0.2) is 0 Å². The summed E-state index contributed by atoms with van der Waals surface area (Å²) in [7, 11) is -3.41. The molecule has 1 atom stereocenters. The monoisotopic (exact) mass is 274 g/mol. The van der Waals surface area contributed by atoms with Crippen molar-refractivity contribution in [2.75, 3.05) is 6.54 Å². The fourth-order valence-electron chi connectivity index (χ4n) is 2.48. The minimum Gasteiger partial charge on any atom is -0.300 e. The Morgan fingerprint density at radius 1 is 1.22 bits per heavy atom. The van der Waals surface area contributed by atoms with E-state index in [0.29, 0.717) is 13.0 Å². The third-order valence-electron chi connectivity index (χ3n) is 3.55. The minimum atomic E-state index is -3.41. The van der Waals surface area contributed by atoms with E-state index in [1.165, 1.54) is 11.2 Å². The van der Waals surface area contributed by atoms with Crippen molar-refractivity contribution < 1.29 is 13.2 Å². The second-order valence-electron chi connectivity index (χ2n) is 5.42. The zero-order valence-corrected chi connectivity index (χ0v) is 11.7. The van der Waals surface area contributed by atoms with Gasteiger partial charge in [0.2, 0.25) is 0 Å². The van der Waals surface area contributed by atoms with Gasteiger partial charge in [-0.05, 0) is 32.6 Å². The smallest absolute Gasteiger partial charge is 0.279 e. The highest BCUT2D eigenvalue weighted by molar-refractivity contribution is 7.87. The van der Waals surface area contributed by atoms with E-state index in [1.54, 1.807) is 0 Å². The molecule has 1 saturated heterocycles. The molecule has 2 rings (SSSR count). The average Bonchev–Trinajstić information content (AvgIpc) is 3.04. The molecule has 1 aliphatic heterocycles. The lowest BCUT2D eigenvalue weighted by atomic mass is 10.1. The van der Waals surface area contributed by atoms with E-state index in [2.05, 4.69) is 4.72 Å². The Labute approximate surface area is 109 Å². The predicted octanol–water partition coefficient (Wildman–Crippen LogP) is 1.21. The molecular weight excluding hydrogens is 252 g/mol. The molecule has 1 aliphatic carbocycles. The van der Waals surface area contributed by atoms with Crippen LogP contribution in [0.25, 0.3) is 0 Å². The van der Waals surface area contributed by atoms with Crippen molar-refractivity contribution >= 4 is 16.0 Å². The van der Waals surface area contributed by atoms with Crippen LogP contribution < -0.4 is 4.72 Å². The summed E-state index contributed by atoms with van der Waals surface area (Å²) in [5.41, 5.74) is 0. The molecule has 0 amide bonds. The average molecular weight is 274 g/mol. The van der Waals surface area contributed by atoms with E-state index in [0.717, 1.165) is 38.5 Å². The Bertz CT molecular complexity index is 404. The van der Waals surface area contributed by atoms with E-state index >= 15 is 0 Å². The van der Waals surface area contributed by atoms with E-state index in [9.17, 15) is 13.2 Å². The number of nitrogens with one attached hydrogen (secondary N) is 1. The second-order valence-corrected chi connectivity index (χ2v) is 7.07. The Morgan fingerprint density at radius 2 is 1.94 bits per heavy atom. The summed E-state index contributed by atoms with van der Waals surface area (Å²) in [5.74, 6) is 0.0634. The lowest BCUT2D eigenvalue weighted by Crippen LogP contribution is -2.47. The van der Waals surface area contributed by atoms with Crippen LogP contribution in [0.3, 0.4) is 0 Å². The van der Waals surface area contributed by atoms with Crippen molar-refractivity contribution in [3.05, 3.63) is 0 Å². The number of carbonyl (C=O) groups excluding carboxylic acids is 1. The van der Waals surface area contributed by atoms with Crippen LogP contribution in [0, 0.1) is 0 Å². The lowest BCUT2D eigenvalue weighted by Gasteiger charge is -2.28. The number of hydrogen-bond donors (Lipinski definition) is 1. The summed E-state index contributed by atoms with van der Waals surface area (Å²) in [6.07, 6.45) is 5.95. The van der Waals surface area contributed by atoms with E-state index in [-0.39, 0.29) is 17.9 Å². The molecule has 1 heterocycles. The molecule has 0 radical (unpaired) electrons. The molecule has 2 fully saturated rings. The van der Waals surface area contributed by atoms with Crippen molar-refractivity contribution in [2.24, 2.45) is 0 Å². The molecule has 1 unspecified atom stereocenters. The van der Waals surface area contributed by atoms with E-state index < -0.39 is 10.2 Å². The largest absolute Gasteiger partial charge is 0.300 e. The van der Waals surface area contributed by atoms with Gasteiger partial charge < -0.3 is 0 Å². The summed E-state index contributed by atoms with van der Waals surface area (Å²) >= 11 is 0. The summed E-state index contributed by atoms with van der Waals surface area (Å²) in [6.45, 7) is 2.07. The number of hydrogen-bond acceptors (Lipinski definition) is 3. The SMILES string of the molecule is CC(=O)CC1CCCCCN1S(=O)(=O)NC1CC1. The first kappa shape index (κ1) is 14.0. The van der Waals surface area contributed by atoms with Gasteiger partial charge >= 0.3 is 0 Å². The van der Waals surface area contributed by atoms with Crippen molar-refractivity contribution in [3.63, 3.8) is 0 Å². The first-order chi connectivity index (χ1) is 8.49. The van der Waals surface area contributed by atoms with Gasteiger partial charge in [-0.1, -0.05) is 12.8 Å². The van der Waals surface area contributed by atoms with Crippen LogP contribution in [-0.4, -0.2) is 37.1 Å². The standard InChI is InChI=1S/C12H22N2O3S/c1-10(15)9-12-5-3-2-4-8-14(12)18(16,17)13-11-6-7-11/h11-13H,2-9H2,1H3. The molecule has 0 aromatic carbocycles. The van der Waals surface area contributed by atoms with Gasteiger partial charge in [-0.2, -0.15) is 17.4 Å². The van der Waals surface area contributed by atoms with Crippen molar-refractivity contribution in [3.8, 4) is 0 Å². The van der Waals surface area contributed by atoms with Crippen molar-refractivity contribution in [1.29, 1.82) is 0 Å². The van der Waals surface area contributed by atoms with Gasteiger partial charge in [0.25, 0.3) is 10.2 Å². The lowest BCUT2D eigenvalue weighted by molar-refractivity contribution is -0.117. The molecular formula is C12H22N2O3S.